The van der Waals surface area contributed by atoms with Gasteiger partial charge in [-0.25, -0.2) is 0 Å². The summed E-state index contributed by atoms with van der Waals surface area (Å²) >= 11 is 7.57. The average Bonchev–Trinajstić information content (AvgIpc) is 2.40. The van der Waals surface area contributed by atoms with Gasteiger partial charge in [-0.3, -0.25) is 0 Å². The van der Waals surface area contributed by atoms with Crippen LogP contribution >= 0.6 is 23.4 Å². The maximum Gasteiger partial charge on any atom is 0.143 e. The Kier molecular flexibility index (Phi) is 5.00. The predicted octanol–water partition coefficient (Wildman–Crippen LogP) is 4.86. The number of nitrogen functional groups attached to an aromatic ring is 1. The topological polar surface area (TPSA) is 35.2 Å². The SMILES string of the molecule is CCCOc1cccc(Sc2cccc(Cl)c2)c1N. The quantitative estimate of drug-likeness (QED) is 0.799. The summed E-state index contributed by atoms with van der Waals surface area (Å²) in [6.07, 6.45) is 0.963. The fraction of sp³-hybridized carbons (Fsp3) is 0.200. The van der Waals surface area contributed by atoms with Gasteiger partial charge in [0.15, 0.2) is 0 Å². The van der Waals surface area contributed by atoms with Crippen LogP contribution in [-0.2, 0) is 0 Å². The predicted molar refractivity (Wildman–Crippen MR) is 82.2 cm³/mol. The second kappa shape index (κ2) is 6.73. The maximum absolute atomic E-state index is 6.13. The van der Waals surface area contributed by atoms with Crippen molar-refractivity contribution in [1.29, 1.82) is 0 Å². The van der Waals surface area contributed by atoms with Crippen LogP contribution in [0, 0.1) is 0 Å². The second-order valence-corrected chi connectivity index (χ2v) is 5.63. The average molecular weight is 294 g/mol. The zero-order chi connectivity index (χ0) is 13.7. The third kappa shape index (κ3) is 3.82. The first-order chi connectivity index (χ1) is 9.20. The van der Waals surface area contributed by atoms with Crippen molar-refractivity contribution in [3.63, 3.8) is 0 Å². The zero-order valence-electron chi connectivity index (χ0n) is 10.7. The smallest absolute Gasteiger partial charge is 0.143 e. The summed E-state index contributed by atoms with van der Waals surface area (Å²) in [4.78, 5) is 2.04. The molecule has 19 heavy (non-hydrogen) atoms. The first-order valence-corrected chi connectivity index (χ1v) is 7.35. The van der Waals surface area contributed by atoms with Gasteiger partial charge in [-0.15, -0.1) is 0 Å². The van der Waals surface area contributed by atoms with Gasteiger partial charge in [-0.1, -0.05) is 42.4 Å². The molecule has 100 valence electrons. The zero-order valence-corrected chi connectivity index (χ0v) is 12.3. The van der Waals surface area contributed by atoms with Gasteiger partial charge in [0.1, 0.15) is 5.75 Å². The Morgan fingerprint density at radius 1 is 1.21 bits per heavy atom. The summed E-state index contributed by atoms with van der Waals surface area (Å²) in [5, 5.41) is 0.724. The molecule has 0 aliphatic carbocycles. The van der Waals surface area contributed by atoms with Crippen LogP contribution in [-0.4, -0.2) is 6.61 Å². The van der Waals surface area contributed by atoms with Gasteiger partial charge in [0.2, 0.25) is 0 Å². The Labute approximate surface area is 122 Å². The van der Waals surface area contributed by atoms with Crippen molar-refractivity contribution in [3.05, 3.63) is 47.5 Å². The van der Waals surface area contributed by atoms with Gasteiger partial charge in [0.25, 0.3) is 0 Å². The summed E-state index contributed by atoms with van der Waals surface area (Å²) in [6.45, 7) is 2.75. The molecular formula is C15H16ClNOS. The Balaban J connectivity index is 2.20. The van der Waals surface area contributed by atoms with Gasteiger partial charge in [0.05, 0.1) is 12.3 Å². The molecule has 2 nitrogen and oxygen atoms in total. The second-order valence-electron chi connectivity index (χ2n) is 4.08. The van der Waals surface area contributed by atoms with E-state index in [0.717, 1.165) is 27.0 Å². The van der Waals surface area contributed by atoms with Crippen LogP contribution in [0.5, 0.6) is 5.75 Å². The fourth-order valence-corrected chi connectivity index (χ4v) is 2.81. The van der Waals surface area contributed by atoms with E-state index in [1.807, 2.05) is 42.5 Å². The van der Waals surface area contributed by atoms with E-state index in [0.29, 0.717) is 12.3 Å². The van der Waals surface area contributed by atoms with E-state index in [1.54, 1.807) is 11.8 Å². The number of rotatable bonds is 5. The van der Waals surface area contributed by atoms with Gasteiger partial charge < -0.3 is 10.5 Å². The molecule has 2 N–H and O–H groups in total. The van der Waals surface area contributed by atoms with Crippen LogP contribution in [0.3, 0.4) is 0 Å². The summed E-state index contributed by atoms with van der Waals surface area (Å²) in [7, 11) is 0. The summed E-state index contributed by atoms with van der Waals surface area (Å²) < 4.78 is 5.62. The first kappa shape index (κ1) is 14.1. The maximum atomic E-state index is 6.13. The summed E-state index contributed by atoms with van der Waals surface area (Å²) in [5.41, 5.74) is 6.81. The van der Waals surface area contributed by atoms with E-state index in [-0.39, 0.29) is 0 Å². The van der Waals surface area contributed by atoms with Gasteiger partial charge >= 0.3 is 0 Å². The third-order valence-electron chi connectivity index (χ3n) is 2.51. The van der Waals surface area contributed by atoms with Crippen molar-refractivity contribution >= 4 is 29.1 Å². The number of para-hydroxylation sites is 1. The number of nitrogens with two attached hydrogens (primary N) is 1. The van der Waals surface area contributed by atoms with Crippen molar-refractivity contribution in [1.82, 2.24) is 0 Å². The van der Waals surface area contributed by atoms with Crippen LogP contribution in [0.1, 0.15) is 13.3 Å². The van der Waals surface area contributed by atoms with E-state index < -0.39 is 0 Å². The highest BCUT2D eigenvalue weighted by Crippen LogP contribution is 2.37. The highest BCUT2D eigenvalue weighted by Gasteiger charge is 2.07. The number of anilines is 1. The van der Waals surface area contributed by atoms with Crippen molar-refractivity contribution in [2.24, 2.45) is 0 Å². The molecule has 2 aromatic rings. The molecule has 2 rings (SSSR count). The Bertz CT molecular complexity index is 560. The molecule has 0 aliphatic rings. The molecule has 0 aromatic heterocycles. The number of benzene rings is 2. The summed E-state index contributed by atoms with van der Waals surface area (Å²) in [6, 6.07) is 13.6. The van der Waals surface area contributed by atoms with Crippen LogP contribution in [0.2, 0.25) is 5.02 Å². The van der Waals surface area contributed by atoms with Crippen molar-refractivity contribution in [2.45, 2.75) is 23.1 Å². The van der Waals surface area contributed by atoms with Crippen molar-refractivity contribution in [3.8, 4) is 5.75 Å². The Morgan fingerprint density at radius 2 is 2.00 bits per heavy atom. The Hall–Kier alpha value is -1.32. The lowest BCUT2D eigenvalue weighted by Gasteiger charge is -2.11. The van der Waals surface area contributed by atoms with Crippen LogP contribution in [0.25, 0.3) is 0 Å². The van der Waals surface area contributed by atoms with E-state index in [9.17, 15) is 0 Å². The van der Waals surface area contributed by atoms with Gasteiger partial charge in [-0.05, 0) is 36.8 Å². The lowest BCUT2D eigenvalue weighted by Crippen LogP contribution is -1.99. The Morgan fingerprint density at radius 3 is 2.74 bits per heavy atom. The molecule has 2 aromatic carbocycles. The molecule has 0 bridgehead atoms. The van der Waals surface area contributed by atoms with Crippen LogP contribution in [0.15, 0.2) is 52.3 Å². The molecule has 4 heteroatoms. The molecule has 0 unspecified atom stereocenters. The molecule has 0 saturated carbocycles. The van der Waals surface area contributed by atoms with E-state index in [4.69, 9.17) is 22.1 Å². The van der Waals surface area contributed by atoms with Crippen molar-refractivity contribution in [2.75, 3.05) is 12.3 Å². The van der Waals surface area contributed by atoms with E-state index in [2.05, 4.69) is 6.92 Å². The van der Waals surface area contributed by atoms with Crippen molar-refractivity contribution < 1.29 is 4.74 Å². The fourth-order valence-electron chi connectivity index (χ4n) is 1.61. The molecule has 0 aliphatic heterocycles. The molecule has 0 radical (unpaired) electrons. The highest BCUT2D eigenvalue weighted by molar-refractivity contribution is 7.99. The molecular weight excluding hydrogens is 278 g/mol. The minimum absolute atomic E-state index is 0.676. The van der Waals surface area contributed by atoms with Gasteiger partial charge in [-0.2, -0.15) is 0 Å². The normalized spacial score (nSPS) is 10.4. The highest BCUT2D eigenvalue weighted by atomic mass is 35.5. The molecule has 0 fully saturated rings. The number of hydrogen-bond donors (Lipinski definition) is 1. The summed E-state index contributed by atoms with van der Waals surface area (Å²) in [5.74, 6) is 0.744. The minimum Gasteiger partial charge on any atom is -0.491 e. The van der Waals surface area contributed by atoms with E-state index >= 15 is 0 Å². The minimum atomic E-state index is 0.676. The molecule has 0 atom stereocenters. The largest absolute Gasteiger partial charge is 0.491 e. The van der Waals surface area contributed by atoms with E-state index in [1.165, 1.54) is 0 Å². The molecule has 0 amide bonds. The number of ether oxygens (including phenoxy) is 1. The van der Waals surface area contributed by atoms with Gasteiger partial charge in [0, 0.05) is 14.8 Å². The lowest BCUT2D eigenvalue weighted by atomic mass is 10.3. The number of hydrogen-bond acceptors (Lipinski definition) is 3. The monoisotopic (exact) mass is 293 g/mol. The number of halogens is 1. The van der Waals surface area contributed by atoms with Crippen LogP contribution in [0.4, 0.5) is 5.69 Å². The molecule has 0 heterocycles. The van der Waals surface area contributed by atoms with Crippen LogP contribution < -0.4 is 10.5 Å². The lowest BCUT2D eigenvalue weighted by molar-refractivity contribution is 0.318. The third-order valence-corrected chi connectivity index (χ3v) is 3.81. The first-order valence-electron chi connectivity index (χ1n) is 6.15. The standard InChI is InChI=1S/C15H16ClNOS/c1-2-9-18-13-7-4-8-14(15(13)17)19-12-6-3-5-11(16)10-12/h3-8,10H,2,9,17H2,1H3. The molecule has 0 saturated heterocycles. The molecule has 0 spiro atoms.